The Hall–Kier alpha value is -2.04. The summed E-state index contributed by atoms with van der Waals surface area (Å²) in [4.78, 5) is 26.8. The van der Waals surface area contributed by atoms with E-state index in [1.807, 2.05) is 43.0 Å². The van der Waals surface area contributed by atoms with E-state index in [0.717, 1.165) is 24.2 Å². The molecule has 0 spiro atoms. The number of amides is 2. The second-order valence-corrected chi connectivity index (χ2v) is 7.12. The fraction of sp³-hybridized carbons (Fsp3) is 0.600. The summed E-state index contributed by atoms with van der Waals surface area (Å²) in [5.74, 6) is 0.729. The van der Waals surface area contributed by atoms with E-state index in [9.17, 15) is 9.59 Å². The van der Waals surface area contributed by atoms with Crippen LogP contribution >= 0.6 is 0 Å². The summed E-state index contributed by atoms with van der Waals surface area (Å²) in [6.07, 6.45) is 4.91. The van der Waals surface area contributed by atoms with E-state index in [4.69, 9.17) is 4.74 Å². The first kappa shape index (κ1) is 17.8. The number of ether oxygens (including phenoxy) is 1. The molecule has 1 aromatic rings. The van der Waals surface area contributed by atoms with Crippen LogP contribution in [-0.4, -0.2) is 35.9 Å². The molecular weight excluding hydrogens is 316 g/mol. The summed E-state index contributed by atoms with van der Waals surface area (Å²) in [7, 11) is 0. The van der Waals surface area contributed by atoms with Gasteiger partial charge in [-0.2, -0.15) is 0 Å². The average molecular weight is 344 g/mol. The van der Waals surface area contributed by atoms with Crippen LogP contribution in [0.3, 0.4) is 0 Å². The second-order valence-electron chi connectivity index (χ2n) is 7.12. The van der Waals surface area contributed by atoms with Crippen molar-refractivity contribution in [3.05, 3.63) is 29.8 Å². The number of benzene rings is 1. The zero-order chi connectivity index (χ0) is 17.8. The van der Waals surface area contributed by atoms with E-state index in [0.29, 0.717) is 25.6 Å². The van der Waals surface area contributed by atoms with Gasteiger partial charge in [0.2, 0.25) is 11.8 Å². The lowest BCUT2D eigenvalue weighted by molar-refractivity contribution is -0.130. The maximum Gasteiger partial charge on any atom is 0.225 e. The van der Waals surface area contributed by atoms with Gasteiger partial charge in [-0.15, -0.1) is 0 Å². The fourth-order valence-electron chi connectivity index (χ4n) is 3.91. The molecule has 0 bridgehead atoms. The monoisotopic (exact) mass is 344 g/mol. The first-order valence-corrected chi connectivity index (χ1v) is 9.41. The lowest BCUT2D eigenvalue weighted by atomic mass is 10.0. The number of carbonyl (C=O) groups excluding carboxylic acids is 2. The molecule has 1 aliphatic heterocycles. The van der Waals surface area contributed by atoms with Gasteiger partial charge in [-0.25, -0.2) is 0 Å². The summed E-state index contributed by atoms with van der Waals surface area (Å²) in [6, 6.07) is 8.05. The average Bonchev–Trinajstić information content (AvgIpc) is 3.25. The summed E-state index contributed by atoms with van der Waals surface area (Å²) in [5.41, 5.74) is 1.04. The largest absolute Gasteiger partial charge is 0.494 e. The van der Waals surface area contributed by atoms with Gasteiger partial charge < -0.3 is 15.0 Å². The molecule has 0 radical (unpaired) electrons. The van der Waals surface area contributed by atoms with E-state index in [2.05, 4.69) is 5.32 Å². The summed E-state index contributed by atoms with van der Waals surface area (Å²) >= 11 is 0. The number of hydrogen-bond acceptors (Lipinski definition) is 3. The predicted molar refractivity (Wildman–Crippen MR) is 96.2 cm³/mol. The van der Waals surface area contributed by atoms with E-state index in [-0.39, 0.29) is 23.8 Å². The van der Waals surface area contributed by atoms with E-state index >= 15 is 0 Å². The van der Waals surface area contributed by atoms with Crippen molar-refractivity contribution in [2.75, 3.05) is 13.2 Å². The van der Waals surface area contributed by atoms with Crippen molar-refractivity contribution in [1.82, 2.24) is 10.2 Å². The molecule has 136 valence electrons. The van der Waals surface area contributed by atoms with Crippen molar-refractivity contribution in [1.29, 1.82) is 0 Å². The van der Waals surface area contributed by atoms with Crippen molar-refractivity contribution < 1.29 is 14.3 Å². The molecule has 3 rings (SSSR count). The molecule has 1 aromatic carbocycles. The third-order valence-electron chi connectivity index (χ3n) is 5.34. The molecule has 1 heterocycles. The van der Waals surface area contributed by atoms with Gasteiger partial charge in [0.15, 0.2) is 0 Å². The van der Waals surface area contributed by atoms with Gasteiger partial charge in [-0.3, -0.25) is 9.59 Å². The summed E-state index contributed by atoms with van der Waals surface area (Å²) < 4.78 is 5.44. The fourth-order valence-corrected chi connectivity index (χ4v) is 3.91. The van der Waals surface area contributed by atoms with E-state index < -0.39 is 0 Å². The maximum absolute atomic E-state index is 12.6. The molecule has 2 aliphatic rings. The van der Waals surface area contributed by atoms with Crippen LogP contribution in [-0.2, 0) is 9.59 Å². The van der Waals surface area contributed by atoms with Gasteiger partial charge in [0, 0.05) is 19.0 Å². The van der Waals surface area contributed by atoms with Crippen molar-refractivity contribution >= 4 is 11.8 Å². The third-order valence-corrected chi connectivity index (χ3v) is 5.34. The zero-order valence-corrected chi connectivity index (χ0v) is 15.2. The van der Waals surface area contributed by atoms with Gasteiger partial charge in [-0.1, -0.05) is 25.0 Å². The minimum Gasteiger partial charge on any atom is -0.494 e. The predicted octanol–water partition coefficient (Wildman–Crippen LogP) is 3.05. The zero-order valence-electron chi connectivity index (χ0n) is 15.2. The van der Waals surface area contributed by atoms with Crippen molar-refractivity contribution in [2.24, 2.45) is 5.92 Å². The first-order valence-electron chi connectivity index (χ1n) is 9.41. The topological polar surface area (TPSA) is 58.6 Å². The Bertz CT molecular complexity index is 608. The van der Waals surface area contributed by atoms with Crippen LogP contribution in [0.1, 0.15) is 57.6 Å². The molecule has 2 atom stereocenters. The van der Waals surface area contributed by atoms with Gasteiger partial charge >= 0.3 is 0 Å². The van der Waals surface area contributed by atoms with Crippen molar-refractivity contribution in [3.63, 3.8) is 0 Å². The normalized spacial score (nSPS) is 22.2. The van der Waals surface area contributed by atoms with Crippen LogP contribution in [0.5, 0.6) is 5.75 Å². The van der Waals surface area contributed by atoms with E-state index in [1.54, 1.807) is 0 Å². The molecule has 0 aromatic heterocycles. The quantitative estimate of drug-likeness (QED) is 0.863. The Balaban J connectivity index is 1.55. The molecule has 1 N–H and O–H groups in total. The third kappa shape index (κ3) is 4.14. The van der Waals surface area contributed by atoms with Gasteiger partial charge in [-0.05, 0) is 44.4 Å². The maximum atomic E-state index is 12.6. The highest BCUT2D eigenvalue weighted by Crippen LogP contribution is 2.30. The number of hydrogen-bond donors (Lipinski definition) is 1. The van der Waals surface area contributed by atoms with Crippen LogP contribution in [0, 0.1) is 5.92 Å². The molecular formula is C20H28N2O3. The number of carbonyl (C=O) groups is 2. The number of likely N-dealkylation sites (tertiary alicyclic amines) is 1. The standard InChI is InChI=1S/C20H28N2O3/c1-3-25-18-10-8-15(9-11-18)14(2)21-20(24)16-12-19(23)22(13-16)17-6-4-5-7-17/h8-11,14,16-17H,3-7,12-13H2,1-2H3,(H,21,24). The minimum atomic E-state index is -0.224. The molecule has 25 heavy (non-hydrogen) atoms. The Kier molecular flexibility index (Phi) is 5.61. The van der Waals surface area contributed by atoms with E-state index in [1.165, 1.54) is 12.8 Å². The van der Waals surface area contributed by atoms with Gasteiger partial charge in [0.05, 0.1) is 18.6 Å². The lowest BCUT2D eigenvalue weighted by Gasteiger charge is -2.24. The number of nitrogens with one attached hydrogen (secondary N) is 1. The molecule has 2 amide bonds. The molecule has 5 heteroatoms. The Morgan fingerprint density at radius 2 is 1.96 bits per heavy atom. The Morgan fingerprint density at radius 3 is 2.60 bits per heavy atom. The van der Waals surface area contributed by atoms with Crippen LogP contribution in [0.4, 0.5) is 0 Å². The first-order chi connectivity index (χ1) is 12.1. The highest BCUT2D eigenvalue weighted by atomic mass is 16.5. The molecule has 1 aliphatic carbocycles. The molecule has 1 saturated carbocycles. The highest BCUT2D eigenvalue weighted by molar-refractivity contribution is 5.89. The number of nitrogens with zero attached hydrogens (tertiary/aromatic N) is 1. The van der Waals surface area contributed by atoms with Gasteiger partial charge in [0.1, 0.15) is 5.75 Å². The molecule has 5 nitrogen and oxygen atoms in total. The summed E-state index contributed by atoms with van der Waals surface area (Å²) in [5, 5.41) is 3.06. The smallest absolute Gasteiger partial charge is 0.225 e. The van der Waals surface area contributed by atoms with Crippen LogP contribution < -0.4 is 10.1 Å². The second kappa shape index (κ2) is 7.89. The van der Waals surface area contributed by atoms with Crippen LogP contribution in [0.25, 0.3) is 0 Å². The highest BCUT2D eigenvalue weighted by Gasteiger charge is 2.38. The SMILES string of the molecule is CCOc1ccc(C(C)NC(=O)C2CC(=O)N(C3CCCC3)C2)cc1. The van der Waals surface area contributed by atoms with Crippen LogP contribution in [0.15, 0.2) is 24.3 Å². The molecule has 2 fully saturated rings. The number of rotatable bonds is 6. The van der Waals surface area contributed by atoms with Crippen molar-refractivity contribution in [3.8, 4) is 5.75 Å². The molecule has 1 saturated heterocycles. The minimum absolute atomic E-state index is 0.0183. The Labute approximate surface area is 149 Å². The van der Waals surface area contributed by atoms with Crippen molar-refractivity contribution in [2.45, 2.75) is 58.0 Å². The Morgan fingerprint density at radius 1 is 1.28 bits per heavy atom. The van der Waals surface area contributed by atoms with Crippen LogP contribution in [0.2, 0.25) is 0 Å². The lowest BCUT2D eigenvalue weighted by Crippen LogP contribution is -2.37. The summed E-state index contributed by atoms with van der Waals surface area (Å²) in [6.45, 7) is 5.14. The molecule has 2 unspecified atom stereocenters. The van der Waals surface area contributed by atoms with Gasteiger partial charge in [0.25, 0.3) is 0 Å².